The summed E-state index contributed by atoms with van der Waals surface area (Å²) in [6.07, 6.45) is 0. The van der Waals surface area contributed by atoms with Crippen LogP contribution in [0.2, 0.25) is 0 Å². The predicted molar refractivity (Wildman–Crippen MR) is 109 cm³/mol. The van der Waals surface area contributed by atoms with Crippen LogP contribution in [-0.4, -0.2) is 22.0 Å². The number of amides is 2. The first kappa shape index (κ1) is 19.0. The van der Waals surface area contributed by atoms with E-state index in [2.05, 4.69) is 26.1 Å². The molecule has 1 atom stereocenters. The number of nitrogens with zero attached hydrogens (tertiary/aromatic N) is 2. The van der Waals surface area contributed by atoms with Crippen LogP contribution < -0.4 is 16.0 Å². The van der Waals surface area contributed by atoms with E-state index < -0.39 is 0 Å². The highest BCUT2D eigenvalue weighted by atomic mass is 16.2. The van der Waals surface area contributed by atoms with Crippen molar-refractivity contribution >= 4 is 29.0 Å². The van der Waals surface area contributed by atoms with Crippen molar-refractivity contribution in [2.75, 3.05) is 16.0 Å². The van der Waals surface area contributed by atoms with Crippen LogP contribution in [0.5, 0.6) is 0 Å². The fourth-order valence-electron chi connectivity index (χ4n) is 2.65. The molecule has 3 N–H and O–H groups in total. The monoisotopic (exact) mass is 375 g/mol. The lowest BCUT2D eigenvalue weighted by Crippen LogP contribution is -2.16. The van der Waals surface area contributed by atoms with Gasteiger partial charge in [-0.05, 0) is 42.8 Å². The molecule has 0 radical (unpaired) electrons. The summed E-state index contributed by atoms with van der Waals surface area (Å²) in [5.41, 5.74) is 2.48. The van der Waals surface area contributed by atoms with Crippen LogP contribution in [-0.2, 0) is 4.79 Å². The van der Waals surface area contributed by atoms with Crippen LogP contribution in [0.25, 0.3) is 0 Å². The molecule has 3 rings (SSSR count). The van der Waals surface area contributed by atoms with Crippen LogP contribution in [0, 0.1) is 0 Å². The predicted octanol–water partition coefficient (Wildman–Crippen LogP) is 3.86. The molecule has 7 heteroatoms. The molecule has 0 spiro atoms. The van der Waals surface area contributed by atoms with E-state index in [1.807, 2.05) is 37.3 Å². The van der Waals surface area contributed by atoms with Gasteiger partial charge >= 0.3 is 0 Å². The Morgan fingerprint density at radius 1 is 0.857 bits per heavy atom. The highest BCUT2D eigenvalue weighted by Gasteiger charge is 2.11. The van der Waals surface area contributed by atoms with Crippen molar-refractivity contribution in [3.63, 3.8) is 0 Å². The standard InChI is InChI=1S/C21H21N5O2/c1-14(16-7-4-3-5-8-16)22-20-12-11-19(25-26-20)21(28)24-18-10-6-9-17(13-18)23-15(2)27/h3-14H,1-2H3,(H,22,26)(H,23,27)(H,24,28). The number of nitrogens with one attached hydrogen (secondary N) is 3. The van der Waals surface area contributed by atoms with Crippen molar-refractivity contribution in [1.82, 2.24) is 10.2 Å². The van der Waals surface area contributed by atoms with E-state index in [1.165, 1.54) is 6.92 Å². The van der Waals surface area contributed by atoms with Crippen molar-refractivity contribution in [3.8, 4) is 0 Å². The zero-order valence-corrected chi connectivity index (χ0v) is 15.6. The van der Waals surface area contributed by atoms with Crippen LogP contribution in [0.15, 0.2) is 66.7 Å². The highest BCUT2D eigenvalue weighted by molar-refractivity contribution is 6.03. The molecule has 1 heterocycles. The van der Waals surface area contributed by atoms with Gasteiger partial charge in [0.15, 0.2) is 5.69 Å². The van der Waals surface area contributed by atoms with Gasteiger partial charge in [0.2, 0.25) is 5.91 Å². The first-order chi connectivity index (χ1) is 13.5. The lowest BCUT2D eigenvalue weighted by atomic mass is 10.1. The first-order valence-electron chi connectivity index (χ1n) is 8.85. The van der Waals surface area contributed by atoms with Gasteiger partial charge in [0.25, 0.3) is 5.91 Å². The molecule has 3 aromatic rings. The zero-order valence-electron chi connectivity index (χ0n) is 15.6. The topological polar surface area (TPSA) is 96.0 Å². The summed E-state index contributed by atoms with van der Waals surface area (Å²) in [4.78, 5) is 23.5. The van der Waals surface area contributed by atoms with Crippen molar-refractivity contribution in [1.29, 1.82) is 0 Å². The molecule has 1 unspecified atom stereocenters. The van der Waals surface area contributed by atoms with Crippen LogP contribution >= 0.6 is 0 Å². The summed E-state index contributed by atoms with van der Waals surface area (Å²) in [6.45, 7) is 3.45. The van der Waals surface area contributed by atoms with Gasteiger partial charge in [-0.25, -0.2) is 0 Å². The van der Waals surface area contributed by atoms with Gasteiger partial charge in [0, 0.05) is 24.3 Å². The van der Waals surface area contributed by atoms with Crippen molar-refractivity contribution in [3.05, 3.63) is 78.0 Å². The molecule has 7 nitrogen and oxygen atoms in total. The molecule has 0 saturated heterocycles. The van der Waals surface area contributed by atoms with Gasteiger partial charge in [-0.15, -0.1) is 10.2 Å². The Balaban J connectivity index is 1.63. The van der Waals surface area contributed by atoms with Gasteiger partial charge in [-0.3, -0.25) is 9.59 Å². The average Bonchev–Trinajstić information content (AvgIpc) is 2.69. The summed E-state index contributed by atoms with van der Waals surface area (Å²) < 4.78 is 0. The number of aromatic nitrogens is 2. The van der Waals surface area contributed by atoms with Gasteiger partial charge in [-0.1, -0.05) is 36.4 Å². The molecular formula is C21H21N5O2. The number of carbonyl (C=O) groups is 2. The summed E-state index contributed by atoms with van der Waals surface area (Å²) in [7, 11) is 0. The maximum Gasteiger partial charge on any atom is 0.276 e. The van der Waals surface area contributed by atoms with Crippen LogP contribution in [0.1, 0.15) is 35.9 Å². The second kappa shape index (κ2) is 8.77. The molecule has 0 aliphatic heterocycles. The molecule has 0 aliphatic rings. The summed E-state index contributed by atoms with van der Waals surface area (Å²) in [5.74, 6) is 0.0258. The third-order valence-electron chi connectivity index (χ3n) is 4.00. The number of carbonyl (C=O) groups excluding carboxylic acids is 2. The van der Waals surface area contributed by atoms with Crippen molar-refractivity contribution < 1.29 is 9.59 Å². The number of rotatable bonds is 6. The number of hydrogen-bond acceptors (Lipinski definition) is 5. The molecule has 0 aliphatic carbocycles. The second-order valence-corrected chi connectivity index (χ2v) is 6.30. The summed E-state index contributed by atoms with van der Waals surface area (Å²) >= 11 is 0. The average molecular weight is 375 g/mol. The second-order valence-electron chi connectivity index (χ2n) is 6.30. The number of hydrogen-bond donors (Lipinski definition) is 3. The van der Waals surface area contributed by atoms with E-state index in [1.54, 1.807) is 36.4 Å². The fraction of sp³-hybridized carbons (Fsp3) is 0.143. The highest BCUT2D eigenvalue weighted by Crippen LogP contribution is 2.18. The van der Waals surface area contributed by atoms with Gasteiger partial charge < -0.3 is 16.0 Å². The largest absolute Gasteiger partial charge is 0.362 e. The molecule has 142 valence electrons. The quantitative estimate of drug-likeness (QED) is 0.608. The molecule has 2 aromatic carbocycles. The van der Waals surface area contributed by atoms with E-state index in [-0.39, 0.29) is 23.6 Å². The Hall–Kier alpha value is -3.74. The Labute approximate surface area is 163 Å². The normalized spacial score (nSPS) is 11.4. The van der Waals surface area contributed by atoms with Gasteiger partial charge in [0.1, 0.15) is 5.82 Å². The molecule has 28 heavy (non-hydrogen) atoms. The minimum absolute atomic E-state index is 0.0618. The number of benzene rings is 2. The molecule has 0 fully saturated rings. The third-order valence-corrected chi connectivity index (χ3v) is 4.00. The zero-order chi connectivity index (χ0) is 19.9. The van der Waals surface area contributed by atoms with Crippen molar-refractivity contribution in [2.45, 2.75) is 19.9 Å². The number of anilines is 3. The Morgan fingerprint density at radius 3 is 2.21 bits per heavy atom. The summed E-state index contributed by atoms with van der Waals surface area (Å²) in [6, 6.07) is 20.3. The minimum atomic E-state index is -0.380. The van der Waals surface area contributed by atoms with Gasteiger partial charge in [-0.2, -0.15) is 0 Å². The molecule has 2 amide bonds. The van der Waals surface area contributed by atoms with Crippen LogP contribution in [0.3, 0.4) is 0 Å². The SMILES string of the molecule is CC(=O)Nc1cccc(NC(=O)c2ccc(NC(C)c3ccccc3)nn2)c1. The van der Waals surface area contributed by atoms with Gasteiger partial charge in [0.05, 0.1) is 0 Å². The Morgan fingerprint density at radius 2 is 1.57 bits per heavy atom. The lowest BCUT2D eigenvalue weighted by molar-refractivity contribution is -0.114. The lowest BCUT2D eigenvalue weighted by Gasteiger charge is -2.14. The Kier molecular flexibility index (Phi) is 5.96. The minimum Gasteiger partial charge on any atom is -0.362 e. The molecule has 1 aromatic heterocycles. The van der Waals surface area contributed by atoms with E-state index in [9.17, 15) is 9.59 Å². The smallest absolute Gasteiger partial charge is 0.276 e. The Bertz CT molecular complexity index is 958. The van der Waals surface area contributed by atoms with Crippen LogP contribution in [0.4, 0.5) is 17.2 Å². The van der Waals surface area contributed by atoms with E-state index in [0.717, 1.165) is 5.56 Å². The summed E-state index contributed by atoms with van der Waals surface area (Å²) in [5, 5.41) is 16.8. The molecule has 0 bridgehead atoms. The van der Waals surface area contributed by atoms with Crippen molar-refractivity contribution in [2.24, 2.45) is 0 Å². The molecule has 0 saturated carbocycles. The maximum atomic E-state index is 12.4. The molecular weight excluding hydrogens is 354 g/mol. The van der Waals surface area contributed by atoms with E-state index >= 15 is 0 Å². The van der Waals surface area contributed by atoms with E-state index in [4.69, 9.17) is 0 Å². The third kappa shape index (κ3) is 5.14. The maximum absolute atomic E-state index is 12.4. The first-order valence-corrected chi connectivity index (χ1v) is 8.85. The van der Waals surface area contributed by atoms with E-state index in [0.29, 0.717) is 17.2 Å². The fourth-order valence-corrected chi connectivity index (χ4v) is 2.65.